The number of benzene rings is 4. The number of hydrogen-bond donors (Lipinski definition) is 1. The van der Waals surface area contributed by atoms with Gasteiger partial charge in [0.1, 0.15) is 5.75 Å². The summed E-state index contributed by atoms with van der Waals surface area (Å²) in [6.45, 7) is 1.85. The lowest BCUT2D eigenvalue weighted by Gasteiger charge is -2.50. The molecule has 2 heterocycles. The predicted octanol–water partition coefficient (Wildman–Crippen LogP) is 7.37. The molecule has 0 spiro atoms. The summed E-state index contributed by atoms with van der Waals surface area (Å²) in [6.07, 6.45) is 2.52. The van der Waals surface area contributed by atoms with Crippen LogP contribution in [0.2, 0.25) is 10.0 Å². The van der Waals surface area contributed by atoms with Gasteiger partial charge >= 0.3 is 0 Å². The third kappa shape index (κ3) is 4.27. The largest absolute Gasteiger partial charge is 0.508 e. The number of hydrogen-bond acceptors (Lipinski definition) is 5. The van der Waals surface area contributed by atoms with Crippen LogP contribution < -0.4 is 9.80 Å². The average molecular weight is 678 g/mol. The van der Waals surface area contributed by atoms with Crippen LogP contribution in [0.25, 0.3) is 0 Å². The fourth-order valence-corrected chi connectivity index (χ4v) is 9.12. The fraction of sp³-hybridized carbons (Fsp3) is 0.231. The Bertz CT molecular complexity index is 2060. The standard InChI is InChI=1S/C39H30Cl2N2O5/c1-21-10-13-26(19-32(21)41)42-35(45)29-17-16-28-30(33(29)37(42)47)20-31-36(46)43(25-9-5-8-24(40)18-25)38(48)39(31,23-6-3-2-4-7-23)34(28)22-11-14-27(44)15-12-22/h2-16,18-19,29-31,33-34,44H,17,20H2,1H3. The summed E-state index contributed by atoms with van der Waals surface area (Å²) in [6, 6.07) is 27.9. The number of phenolic OH excluding ortho intramolecular Hbond substituents is 1. The summed E-state index contributed by atoms with van der Waals surface area (Å²) < 4.78 is 0. The van der Waals surface area contributed by atoms with Crippen molar-refractivity contribution in [3.8, 4) is 5.75 Å². The van der Waals surface area contributed by atoms with Crippen molar-refractivity contribution < 1.29 is 24.3 Å². The minimum absolute atomic E-state index is 0.0625. The highest BCUT2D eigenvalue weighted by Gasteiger charge is 2.70. The van der Waals surface area contributed by atoms with Gasteiger partial charge in [-0.05, 0) is 84.8 Å². The number of halogens is 2. The normalized spacial score (nSPS) is 27.9. The Morgan fingerprint density at radius 1 is 0.750 bits per heavy atom. The zero-order chi connectivity index (χ0) is 33.5. The Balaban J connectivity index is 1.33. The number of carbonyl (C=O) groups is 4. The molecule has 4 amide bonds. The number of imide groups is 2. The molecule has 48 heavy (non-hydrogen) atoms. The molecule has 4 aromatic carbocycles. The lowest BCUT2D eigenvalue weighted by molar-refractivity contribution is -0.127. The monoisotopic (exact) mass is 676 g/mol. The summed E-state index contributed by atoms with van der Waals surface area (Å²) >= 11 is 12.8. The number of allylic oxidation sites excluding steroid dienone is 2. The number of rotatable bonds is 4. The van der Waals surface area contributed by atoms with Crippen molar-refractivity contribution in [2.75, 3.05) is 9.80 Å². The molecular formula is C39H30Cl2N2O5. The second-order valence-electron chi connectivity index (χ2n) is 13.1. The van der Waals surface area contributed by atoms with Gasteiger partial charge in [0, 0.05) is 16.0 Å². The molecular weight excluding hydrogens is 647 g/mol. The van der Waals surface area contributed by atoms with Crippen LogP contribution in [0.3, 0.4) is 0 Å². The Hall–Kier alpha value is -4.72. The van der Waals surface area contributed by atoms with Crippen molar-refractivity contribution in [1.82, 2.24) is 0 Å². The van der Waals surface area contributed by atoms with E-state index in [1.807, 2.05) is 43.3 Å². The SMILES string of the molecule is Cc1ccc(N2C(=O)C3CC=C4C(CC5C(=O)N(c6cccc(Cl)c6)C(=O)C5(c5ccccc5)C4c4ccc(O)cc4)C3C2=O)cc1Cl. The van der Waals surface area contributed by atoms with E-state index in [0.717, 1.165) is 16.7 Å². The first-order valence-corrected chi connectivity index (χ1v) is 16.7. The second kappa shape index (κ2) is 11.2. The van der Waals surface area contributed by atoms with Gasteiger partial charge in [-0.25, -0.2) is 9.80 Å². The van der Waals surface area contributed by atoms with E-state index in [9.17, 15) is 19.5 Å². The van der Waals surface area contributed by atoms with E-state index >= 15 is 4.79 Å². The fourth-order valence-electron chi connectivity index (χ4n) is 8.76. The average Bonchev–Trinajstić information content (AvgIpc) is 3.47. The molecule has 0 radical (unpaired) electrons. The molecule has 2 aliphatic heterocycles. The van der Waals surface area contributed by atoms with Crippen LogP contribution in [-0.2, 0) is 24.6 Å². The third-order valence-corrected chi connectivity index (χ3v) is 11.4. The molecule has 2 aliphatic carbocycles. The van der Waals surface area contributed by atoms with E-state index in [2.05, 4.69) is 0 Å². The topological polar surface area (TPSA) is 95.0 Å². The highest BCUT2D eigenvalue weighted by molar-refractivity contribution is 6.33. The van der Waals surface area contributed by atoms with Crippen molar-refractivity contribution in [2.24, 2.45) is 23.7 Å². The first-order chi connectivity index (χ1) is 23.1. The summed E-state index contributed by atoms with van der Waals surface area (Å²) in [7, 11) is 0. The van der Waals surface area contributed by atoms with Crippen LogP contribution in [0.15, 0.2) is 109 Å². The smallest absolute Gasteiger partial charge is 0.246 e. The van der Waals surface area contributed by atoms with E-state index in [4.69, 9.17) is 23.2 Å². The molecule has 240 valence electrons. The molecule has 8 rings (SSSR count). The summed E-state index contributed by atoms with van der Waals surface area (Å²) in [5, 5.41) is 11.1. The molecule has 0 bridgehead atoms. The minimum Gasteiger partial charge on any atom is -0.508 e. The maximum atomic E-state index is 15.2. The van der Waals surface area contributed by atoms with Gasteiger partial charge < -0.3 is 5.11 Å². The Kier molecular flexibility index (Phi) is 7.13. The quantitative estimate of drug-likeness (QED) is 0.180. The van der Waals surface area contributed by atoms with E-state index in [0.29, 0.717) is 33.4 Å². The third-order valence-electron chi connectivity index (χ3n) is 10.8. The molecule has 1 saturated carbocycles. The van der Waals surface area contributed by atoms with Crippen LogP contribution in [0.4, 0.5) is 11.4 Å². The number of fused-ring (bicyclic) bond motifs is 4. The summed E-state index contributed by atoms with van der Waals surface area (Å²) in [4.78, 5) is 60.8. The molecule has 4 aromatic rings. The number of aryl methyl sites for hydroxylation is 1. The van der Waals surface area contributed by atoms with Gasteiger partial charge in [0.05, 0.1) is 34.5 Å². The first kappa shape index (κ1) is 30.6. The van der Waals surface area contributed by atoms with Crippen molar-refractivity contribution >= 4 is 58.2 Å². The van der Waals surface area contributed by atoms with Gasteiger partial charge in [-0.3, -0.25) is 19.2 Å². The van der Waals surface area contributed by atoms with Gasteiger partial charge in [-0.2, -0.15) is 0 Å². The maximum Gasteiger partial charge on any atom is 0.246 e. The zero-order valence-electron chi connectivity index (χ0n) is 25.8. The molecule has 0 aromatic heterocycles. The molecule has 9 heteroatoms. The van der Waals surface area contributed by atoms with Crippen molar-refractivity contribution in [1.29, 1.82) is 0 Å². The molecule has 4 aliphatic rings. The molecule has 6 atom stereocenters. The summed E-state index contributed by atoms with van der Waals surface area (Å²) in [5.41, 5.74) is 2.50. The highest BCUT2D eigenvalue weighted by atomic mass is 35.5. The first-order valence-electron chi connectivity index (χ1n) is 15.9. The molecule has 1 N–H and O–H groups in total. The van der Waals surface area contributed by atoms with Crippen molar-refractivity contribution in [3.63, 3.8) is 0 Å². The van der Waals surface area contributed by atoms with Crippen molar-refractivity contribution in [3.05, 3.63) is 135 Å². The van der Waals surface area contributed by atoms with E-state index < -0.39 is 35.0 Å². The maximum absolute atomic E-state index is 15.2. The number of aromatic hydroxyl groups is 1. The van der Waals surface area contributed by atoms with E-state index in [-0.39, 0.29) is 35.8 Å². The number of anilines is 2. The van der Waals surface area contributed by atoms with Gasteiger partial charge in [-0.15, -0.1) is 0 Å². The Morgan fingerprint density at radius 2 is 1.48 bits per heavy atom. The number of phenols is 1. The highest BCUT2D eigenvalue weighted by Crippen LogP contribution is 2.64. The lowest BCUT2D eigenvalue weighted by atomic mass is 9.49. The number of amides is 4. The van der Waals surface area contributed by atoms with Crippen LogP contribution >= 0.6 is 23.2 Å². The predicted molar refractivity (Wildman–Crippen MR) is 183 cm³/mol. The Morgan fingerprint density at radius 3 is 2.19 bits per heavy atom. The van der Waals surface area contributed by atoms with Crippen LogP contribution in [0.5, 0.6) is 5.75 Å². The summed E-state index contributed by atoms with van der Waals surface area (Å²) in [5.74, 6) is -4.70. The van der Waals surface area contributed by atoms with Crippen LogP contribution in [0.1, 0.15) is 35.4 Å². The Labute approximate surface area is 287 Å². The number of nitrogens with zero attached hydrogens (tertiary/aromatic N) is 2. The molecule has 6 unspecified atom stereocenters. The number of carbonyl (C=O) groups excluding carboxylic acids is 4. The van der Waals surface area contributed by atoms with Crippen LogP contribution in [0, 0.1) is 30.6 Å². The van der Waals surface area contributed by atoms with E-state index in [1.54, 1.807) is 66.7 Å². The second-order valence-corrected chi connectivity index (χ2v) is 14.0. The molecule has 3 fully saturated rings. The minimum atomic E-state index is -1.37. The van der Waals surface area contributed by atoms with Gasteiger partial charge in [0.2, 0.25) is 23.6 Å². The van der Waals surface area contributed by atoms with Gasteiger partial charge in [0.25, 0.3) is 0 Å². The molecule has 2 saturated heterocycles. The molecule has 7 nitrogen and oxygen atoms in total. The van der Waals surface area contributed by atoms with Crippen molar-refractivity contribution in [2.45, 2.75) is 31.1 Å². The van der Waals surface area contributed by atoms with Gasteiger partial charge in [0.15, 0.2) is 0 Å². The zero-order valence-corrected chi connectivity index (χ0v) is 27.4. The van der Waals surface area contributed by atoms with E-state index in [1.165, 1.54) is 9.80 Å². The lowest BCUT2D eigenvalue weighted by Crippen LogP contribution is -2.53. The van der Waals surface area contributed by atoms with Gasteiger partial charge in [-0.1, -0.05) is 89.4 Å². The van der Waals surface area contributed by atoms with Crippen LogP contribution in [-0.4, -0.2) is 28.7 Å².